The Balaban J connectivity index is 2.46. The molecule has 0 spiro atoms. The lowest BCUT2D eigenvalue weighted by atomic mass is 9.77. The number of ketones is 1. The van der Waals surface area contributed by atoms with Gasteiger partial charge in [0, 0.05) is 19.4 Å². The molecule has 0 saturated heterocycles. The summed E-state index contributed by atoms with van der Waals surface area (Å²) in [5.74, 6) is 1.20. The molecule has 14 heavy (non-hydrogen) atoms. The molecule has 3 unspecified atom stereocenters. The molecule has 0 bridgehead atoms. The topological polar surface area (TPSA) is 26.3 Å². The fourth-order valence-corrected chi connectivity index (χ4v) is 2.43. The van der Waals surface area contributed by atoms with E-state index in [0.29, 0.717) is 24.2 Å². The highest BCUT2D eigenvalue weighted by molar-refractivity contribution is 5.80. The smallest absolute Gasteiger partial charge is 0.135 e. The predicted octanol–water partition coefficient (Wildman–Crippen LogP) is 2.81. The van der Waals surface area contributed by atoms with Gasteiger partial charge in [0.15, 0.2) is 0 Å². The van der Waals surface area contributed by atoms with Gasteiger partial charge in [-0.15, -0.1) is 0 Å². The molecule has 0 radical (unpaired) electrons. The third-order valence-electron chi connectivity index (χ3n) is 3.56. The van der Waals surface area contributed by atoms with Crippen LogP contribution in [0.5, 0.6) is 0 Å². The van der Waals surface area contributed by atoms with Gasteiger partial charge in [-0.05, 0) is 25.2 Å². The molecule has 0 heterocycles. The van der Waals surface area contributed by atoms with E-state index in [-0.39, 0.29) is 5.92 Å². The summed E-state index contributed by atoms with van der Waals surface area (Å²) in [6.07, 6.45) is 5.72. The van der Waals surface area contributed by atoms with Crippen molar-refractivity contribution >= 4 is 5.78 Å². The molecule has 2 heteroatoms. The van der Waals surface area contributed by atoms with Crippen molar-refractivity contribution in [2.75, 3.05) is 7.11 Å². The lowest BCUT2D eigenvalue weighted by molar-refractivity contribution is -0.124. The molecule has 1 aliphatic rings. The number of Topliss-reactive ketones (excluding diaryl/α,β-unsaturated/α-hetero) is 1. The standard InChI is InChI=1S/C12H22O2/c1-4-12(13)9(2)10-6-5-7-11(8-10)14-3/h9-11H,4-8H2,1-3H3. The van der Waals surface area contributed by atoms with Crippen LogP contribution >= 0.6 is 0 Å². The largest absolute Gasteiger partial charge is 0.381 e. The first-order chi connectivity index (χ1) is 6.69. The van der Waals surface area contributed by atoms with Crippen LogP contribution in [0.2, 0.25) is 0 Å². The van der Waals surface area contributed by atoms with Gasteiger partial charge >= 0.3 is 0 Å². The zero-order valence-corrected chi connectivity index (χ0v) is 9.58. The second-order valence-corrected chi connectivity index (χ2v) is 4.39. The van der Waals surface area contributed by atoms with Gasteiger partial charge in [-0.1, -0.05) is 20.3 Å². The van der Waals surface area contributed by atoms with Gasteiger partial charge in [0.1, 0.15) is 5.78 Å². The van der Waals surface area contributed by atoms with E-state index in [4.69, 9.17) is 4.74 Å². The number of hydrogen-bond donors (Lipinski definition) is 0. The quantitative estimate of drug-likeness (QED) is 0.694. The molecule has 1 fully saturated rings. The van der Waals surface area contributed by atoms with Gasteiger partial charge in [-0.3, -0.25) is 4.79 Å². The molecule has 82 valence electrons. The van der Waals surface area contributed by atoms with Crippen LogP contribution in [0.1, 0.15) is 46.0 Å². The minimum Gasteiger partial charge on any atom is -0.381 e. The molecule has 0 N–H and O–H groups in total. The monoisotopic (exact) mass is 198 g/mol. The molecule has 0 aliphatic heterocycles. The summed E-state index contributed by atoms with van der Waals surface area (Å²) >= 11 is 0. The Morgan fingerprint density at radius 2 is 2.21 bits per heavy atom. The van der Waals surface area contributed by atoms with Gasteiger partial charge in [0.2, 0.25) is 0 Å². The van der Waals surface area contributed by atoms with Crippen LogP contribution < -0.4 is 0 Å². The van der Waals surface area contributed by atoms with E-state index in [2.05, 4.69) is 6.92 Å². The van der Waals surface area contributed by atoms with Gasteiger partial charge in [-0.2, -0.15) is 0 Å². The van der Waals surface area contributed by atoms with Crippen LogP contribution in [0, 0.1) is 11.8 Å². The SMILES string of the molecule is CCC(=O)C(C)C1CCCC(OC)C1. The van der Waals surface area contributed by atoms with Crippen molar-refractivity contribution in [1.82, 2.24) is 0 Å². The summed E-state index contributed by atoms with van der Waals surface area (Å²) in [6, 6.07) is 0. The Labute approximate surface area is 87.0 Å². The van der Waals surface area contributed by atoms with Crippen molar-refractivity contribution in [3.05, 3.63) is 0 Å². The highest BCUT2D eigenvalue weighted by Gasteiger charge is 2.28. The normalized spacial score (nSPS) is 29.9. The van der Waals surface area contributed by atoms with Gasteiger partial charge < -0.3 is 4.74 Å². The molecule has 1 aliphatic carbocycles. The Kier molecular flexibility index (Phi) is 4.59. The van der Waals surface area contributed by atoms with Gasteiger partial charge in [0.05, 0.1) is 6.10 Å². The lowest BCUT2D eigenvalue weighted by Gasteiger charge is -2.31. The predicted molar refractivity (Wildman–Crippen MR) is 57.2 cm³/mol. The third-order valence-corrected chi connectivity index (χ3v) is 3.56. The molecule has 0 aromatic rings. The summed E-state index contributed by atoms with van der Waals surface area (Å²) < 4.78 is 5.37. The molecule has 1 rings (SSSR count). The maximum Gasteiger partial charge on any atom is 0.135 e. The van der Waals surface area contributed by atoms with E-state index in [0.717, 1.165) is 6.42 Å². The Bertz CT molecular complexity index is 189. The Hall–Kier alpha value is -0.370. The fourth-order valence-electron chi connectivity index (χ4n) is 2.43. The summed E-state index contributed by atoms with van der Waals surface area (Å²) in [5, 5.41) is 0. The van der Waals surface area contributed by atoms with E-state index in [9.17, 15) is 4.79 Å². The first-order valence-corrected chi connectivity index (χ1v) is 5.74. The van der Waals surface area contributed by atoms with Crippen molar-refractivity contribution < 1.29 is 9.53 Å². The minimum absolute atomic E-state index is 0.234. The van der Waals surface area contributed by atoms with Crippen LogP contribution in [-0.4, -0.2) is 19.0 Å². The molecule has 2 nitrogen and oxygen atoms in total. The zero-order chi connectivity index (χ0) is 10.6. The molecule has 3 atom stereocenters. The second kappa shape index (κ2) is 5.50. The third kappa shape index (κ3) is 2.81. The molecule has 0 amide bonds. The number of ether oxygens (including phenoxy) is 1. The van der Waals surface area contributed by atoms with Crippen molar-refractivity contribution in [3.8, 4) is 0 Å². The second-order valence-electron chi connectivity index (χ2n) is 4.39. The van der Waals surface area contributed by atoms with Gasteiger partial charge in [-0.25, -0.2) is 0 Å². The number of hydrogen-bond acceptors (Lipinski definition) is 2. The summed E-state index contributed by atoms with van der Waals surface area (Å²) in [5.41, 5.74) is 0. The summed E-state index contributed by atoms with van der Waals surface area (Å²) in [7, 11) is 1.78. The van der Waals surface area contributed by atoms with Crippen LogP contribution in [0.15, 0.2) is 0 Å². The van der Waals surface area contributed by atoms with E-state index in [1.54, 1.807) is 7.11 Å². The molecule has 0 aromatic heterocycles. The number of methoxy groups -OCH3 is 1. The number of carbonyl (C=O) groups is 1. The molecular weight excluding hydrogens is 176 g/mol. The first-order valence-electron chi connectivity index (χ1n) is 5.74. The maximum absolute atomic E-state index is 11.6. The van der Waals surface area contributed by atoms with E-state index in [1.165, 1.54) is 19.3 Å². The highest BCUT2D eigenvalue weighted by atomic mass is 16.5. The van der Waals surface area contributed by atoms with Gasteiger partial charge in [0.25, 0.3) is 0 Å². The average molecular weight is 198 g/mol. The highest BCUT2D eigenvalue weighted by Crippen LogP contribution is 2.32. The van der Waals surface area contributed by atoms with Crippen LogP contribution in [0.25, 0.3) is 0 Å². The van der Waals surface area contributed by atoms with Crippen molar-refractivity contribution in [2.24, 2.45) is 11.8 Å². The summed E-state index contributed by atoms with van der Waals surface area (Å²) in [6.45, 7) is 4.03. The lowest BCUT2D eigenvalue weighted by Crippen LogP contribution is -2.29. The Morgan fingerprint density at radius 3 is 2.79 bits per heavy atom. The van der Waals surface area contributed by atoms with Crippen LogP contribution in [-0.2, 0) is 9.53 Å². The fraction of sp³-hybridized carbons (Fsp3) is 0.917. The average Bonchev–Trinajstić information content (AvgIpc) is 2.27. The molecule has 0 aromatic carbocycles. The molecular formula is C12H22O2. The van der Waals surface area contributed by atoms with Crippen molar-refractivity contribution in [2.45, 2.75) is 52.1 Å². The van der Waals surface area contributed by atoms with Crippen molar-refractivity contribution in [1.29, 1.82) is 0 Å². The maximum atomic E-state index is 11.6. The molecule has 1 saturated carbocycles. The van der Waals surface area contributed by atoms with Crippen LogP contribution in [0.3, 0.4) is 0 Å². The summed E-state index contributed by atoms with van der Waals surface area (Å²) in [4.78, 5) is 11.6. The van der Waals surface area contributed by atoms with E-state index < -0.39 is 0 Å². The van der Waals surface area contributed by atoms with E-state index in [1.807, 2.05) is 6.92 Å². The Morgan fingerprint density at radius 1 is 1.50 bits per heavy atom. The number of carbonyl (C=O) groups excluding carboxylic acids is 1. The van der Waals surface area contributed by atoms with Crippen molar-refractivity contribution in [3.63, 3.8) is 0 Å². The first kappa shape index (κ1) is 11.7. The zero-order valence-electron chi connectivity index (χ0n) is 9.58. The number of rotatable bonds is 4. The van der Waals surface area contributed by atoms with Crippen LogP contribution in [0.4, 0.5) is 0 Å². The minimum atomic E-state index is 0.234. The van der Waals surface area contributed by atoms with E-state index >= 15 is 0 Å².